The van der Waals surface area contributed by atoms with Gasteiger partial charge >= 0.3 is 0 Å². The Labute approximate surface area is 121 Å². The van der Waals surface area contributed by atoms with Gasteiger partial charge in [-0.3, -0.25) is 0 Å². The predicted octanol–water partition coefficient (Wildman–Crippen LogP) is 2.66. The SMILES string of the molecule is C#CCC(COC)(COC)CC(C=O)c1ccccc1. The molecular weight excluding hydrogens is 252 g/mol. The molecule has 1 atom stereocenters. The minimum Gasteiger partial charge on any atom is -0.384 e. The molecule has 0 spiro atoms. The van der Waals surface area contributed by atoms with Crippen molar-refractivity contribution in [1.29, 1.82) is 0 Å². The van der Waals surface area contributed by atoms with E-state index in [2.05, 4.69) is 5.92 Å². The van der Waals surface area contributed by atoms with Gasteiger partial charge in [-0.25, -0.2) is 0 Å². The van der Waals surface area contributed by atoms with Crippen molar-refractivity contribution in [2.24, 2.45) is 5.41 Å². The number of hydrogen-bond donors (Lipinski definition) is 0. The molecule has 0 fully saturated rings. The lowest BCUT2D eigenvalue weighted by atomic mass is 9.76. The largest absolute Gasteiger partial charge is 0.384 e. The Hall–Kier alpha value is -1.63. The highest BCUT2D eigenvalue weighted by Gasteiger charge is 2.33. The minimum atomic E-state index is -0.334. The molecule has 108 valence electrons. The topological polar surface area (TPSA) is 35.5 Å². The summed E-state index contributed by atoms with van der Waals surface area (Å²) in [5.41, 5.74) is 0.663. The maximum Gasteiger partial charge on any atom is 0.127 e. The van der Waals surface area contributed by atoms with Crippen LogP contribution in [-0.4, -0.2) is 33.7 Å². The van der Waals surface area contributed by atoms with Crippen LogP contribution >= 0.6 is 0 Å². The molecule has 0 heterocycles. The molecule has 20 heavy (non-hydrogen) atoms. The van der Waals surface area contributed by atoms with Gasteiger partial charge in [-0.2, -0.15) is 0 Å². The molecular formula is C17H22O3. The molecule has 0 saturated heterocycles. The van der Waals surface area contributed by atoms with Crippen molar-refractivity contribution in [3.05, 3.63) is 35.9 Å². The first-order chi connectivity index (χ1) is 9.71. The van der Waals surface area contributed by atoms with Crippen LogP contribution in [0.25, 0.3) is 0 Å². The number of ether oxygens (including phenoxy) is 2. The van der Waals surface area contributed by atoms with Gasteiger partial charge in [0.2, 0.25) is 0 Å². The van der Waals surface area contributed by atoms with Gasteiger partial charge in [0.25, 0.3) is 0 Å². The molecule has 0 aliphatic heterocycles. The van der Waals surface area contributed by atoms with Crippen molar-refractivity contribution in [3.63, 3.8) is 0 Å². The van der Waals surface area contributed by atoms with Crippen molar-refractivity contribution >= 4 is 6.29 Å². The Morgan fingerprint density at radius 1 is 1.25 bits per heavy atom. The summed E-state index contributed by atoms with van der Waals surface area (Å²) in [6, 6.07) is 9.71. The van der Waals surface area contributed by atoms with E-state index in [1.54, 1.807) is 14.2 Å². The predicted molar refractivity (Wildman–Crippen MR) is 79.5 cm³/mol. The lowest BCUT2D eigenvalue weighted by Gasteiger charge is -2.33. The van der Waals surface area contributed by atoms with Crippen LogP contribution in [0.3, 0.4) is 0 Å². The van der Waals surface area contributed by atoms with E-state index in [0.29, 0.717) is 26.1 Å². The summed E-state index contributed by atoms with van der Waals surface area (Å²) in [5, 5.41) is 0. The second-order valence-corrected chi connectivity index (χ2v) is 5.10. The zero-order valence-corrected chi connectivity index (χ0v) is 12.2. The monoisotopic (exact) mass is 274 g/mol. The number of terminal acetylenes is 1. The highest BCUT2D eigenvalue weighted by atomic mass is 16.5. The third-order valence-electron chi connectivity index (χ3n) is 3.42. The molecule has 0 aromatic heterocycles. The van der Waals surface area contributed by atoms with E-state index in [4.69, 9.17) is 15.9 Å². The second-order valence-electron chi connectivity index (χ2n) is 5.10. The summed E-state index contributed by atoms with van der Waals surface area (Å²) in [4.78, 5) is 11.5. The van der Waals surface area contributed by atoms with Crippen molar-refractivity contribution in [3.8, 4) is 12.3 Å². The van der Waals surface area contributed by atoms with Crippen LogP contribution in [0.2, 0.25) is 0 Å². The fraction of sp³-hybridized carbons (Fsp3) is 0.471. The van der Waals surface area contributed by atoms with E-state index >= 15 is 0 Å². The molecule has 3 heteroatoms. The fourth-order valence-corrected chi connectivity index (χ4v) is 2.57. The zero-order chi connectivity index (χ0) is 14.8. The van der Waals surface area contributed by atoms with Crippen molar-refractivity contribution in [1.82, 2.24) is 0 Å². The molecule has 1 unspecified atom stereocenters. The summed E-state index contributed by atoms with van der Waals surface area (Å²) in [6.07, 6.45) is 7.60. The number of aldehydes is 1. The number of benzene rings is 1. The first kappa shape index (κ1) is 16.4. The van der Waals surface area contributed by atoms with Gasteiger partial charge in [0.1, 0.15) is 6.29 Å². The molecule has 3 nitrogen and oxygen atoms in total. The molecule has 0 aliphatic carbocycles. The van der Waals surface area contributed by atoms with Gasteiger partial charge in [0.15, 0.2) is 0 Å². The lowest BCUT2D eigenvalue weighted by molar-refractivity contribution is -0.110. The normalized spacial score (nSPS) is 12.7. The third-order valence-corrected chi connectivity index (χ3v) is 3.42. The lowest BCUT2D eigenvalue weighted by Crippen LogP contribution is -2.33. The molecule has 0 amide bonds. The Morgan fingerprint density at radius 2 is 1.85 bits per heavy atom. The van der Waals surface area contributed by atoms with Crippen molar-refractivity contribution < 1.29 is 14.3 Å². The number of hydrogen-bond acceptors (Lipinski definition) is 3. The van der Waals surface area contributed by atoms with Crippen LogP contribution in [0.15, 0.2) is 30.3 Å². The molecule has 0 aliphatic rings. The van der Waals surface area contributed by atoms with E-state index in [1.807, 2.05) is 30.3 Å². The fourth-order valence-electron chi connectivity index (χ4n) is 2.57. The summed E-state index contributed by atoms with van der Waals surface area (Å²) >= 11 is 0. The van der Waals surface area contributed by atoms with Gasteiger partial charge in [-0.15, -0.1) is 12.3 Å². The molecule has 1 aromatic carbocycles. The van der Waals surface area contributed by atoms with Crippen LogP contribution in [0.5, 0.6) is 0 Å². The Morgan fingerprint density at radius 3 is 2.30 bits per heavy atom. The highest BCUT2D eigenvalue weighted by molar-refractivity contribution is 5.62. The van der Waals surface area contributed by atoms with E-state index in [1.165, 1.54) is 0 Å². The summed E-state index contributed by atoms with van der Waals surface area (Å²) in [5.74, 6) is 2.48. The quantitative estimate of drug-likeness (QED) is 0.513. The van der Waals surface area contributed by atoms with Gasteiger partial charge in [0.05, 0.1) is 13.2 Å². The van der Waals surface area contributed by atoms with Crippen LogP contribution < -0.4 is 0 Å². The minimum absolute atomic E-state index is 0.199. The maximum absolute atomic E-state index is 11.5. The van der Waals surface area contributed by atoms with Crippen molar-refractivity contribution in [2.75, 3.05) is 27.4 Å². The average Bonchev–Trinajstić information content (AvgIpc) is 2.46. The van der Waals surface area contributed by atoms with Gasteiger partial charge in [-0.1, -0.05) is 30.3 Å². The Bertz CT molecular complexity index is 427. The van der Waals surface area contributed by atoms with Crippen LogP contribution in [-0.2, 0) is 14.3 Å². The summed E-state index contributed by atoms with van der Waals surface area (Å²) < 4.78 is 10.6. The Balaban J connectivity index is 2.96. The summed E-state index contributed by atoms with van der Waals surface area (Å²) in [6.45, 7) is 0.949. The van der Waals surface area contributed by atoms with E-state index in [0.717, 1.165) is 11.8 Å². The number of carbonyl (C=O) groups excluding carboxylic acids is 1. The van der Waals surface area contributed by atoms with Crippen LogP contribution in [0.1, 0.15) is 24.3 Å². The third kappa shape index (κ3) is 4.48. The van der Waals surface area contributed by atoms with E-state index in [9.17, 15) is 4.79 Å². The summed E-state index contributed by atoms with van der Waals surface area (Å²) in [7, 11) is 3.28. The average molecular weight is 274 g/mol. The first-order valence-corrected chi connectivity index (χ1v) is 6.63. The second kappa shape index (κ2) is 8.52. The highest BCUT2D eigenvalue weighted by Crippen LogP contribution is 2.34. The molecule has 0 radical (unpaired) electrons. The number of rotatable bonds is 9. The zero-order valence-electron chi connectivity index (χ0n) is 12.2. The molecule has 1 aromatic rings. The molecule has 0 saturated carbocycles. The molecule has 1 rings (SSSR count). The van der Waals surface area contributed by atoms with Crippen molar-refractivity contribution in [2.45, 2.75) is 18.8 Å². The first-order valence-electron chi connectivity index (χ1n) is 6.63. The van der Waals surface area contributed by atoms with Crippen LogP contribution in [0.4, 0.5) is 0 Å². The van der Waals surface area contributed by atoms with E-state index < -0.39 is 0 Å². The van der Waals surface area contributed by atoms with Gasteiger partial charge in [-0.05, 0) is 12.0 Å². The molecule has 0 N–H and O–H groups in total. The van der Waals surface area contributed by atoms with E-state index in [-0.39, 0.29) is 11.3 Å². The standard InChI is InChI=1S/C17H22O3/c1-4-10-17(13-19-2,14-20-3)11-16(12-18)15-8-6-5-7-9-15/h1,5-9,12,16H,10-11,13-14H2,2-3H3. The number of methoxy groups -OCH3 is 2. The maximum atomic E-state index is 11.5. The van der Waals surface area contributed by atoms with Crippen LogP contribution in [0, 0.1) is 17.8 Å². The molecule has 0 bridgehead atoms. The van der Waals surface area contributed by atoms with Gasteiger partial charge in [0, 0.05) is 32.0 Å². The smallest absolute Gasteiger partial charge is 0.127 e. The Kier molecular flexibility index (Phi) is 7.00. The van der Waals surface area contributed by atoms with Gasteiger partial charge < -0.3 is 14.3 Å². The number of carbonyl (C=O) groups is 1.